The fourth-order valence-electron chi connectivity index (χ4n) is 1.61. The molecule has 0 saturated carbocycles. The first-order chi connectivity index (χ1) is 5.77. The molecule has 1 aliphatic heterocycles. The summed E-state index contributed by atoms with van der Waals surface area (Å²) in [5, 5.41) is 3.26. The number of benzene rings is 1. The molecule has 0 aliphatic carbocycles. The zero-order valence-corrected chi connectivity index (χ0v) is 7.39. The van der Waals surface area contributed by atoms with Crippen LogP contribution in [-0.4, -0.2) is 12.9 Å². The third-order valence-electron chi connectivity index (χ3n) is 2.09. The Balaban J connectivity index is 2.62. The number of anilines is 1. The number of fused-ring (bicyclic) bond motifs is 1. The number of nitrogens with one attached hydrogen (secondary N) is 1. The van der Waals surface area contributed by atoms with Crippen LogP contribution in [0.1, 0.15) is 16.7 Å². The van der Waals surface area contributed by atoms with Gasteiger partial charge in [-0.25, -0.2) is 0 Å². The van der Waals surface area contributed by atoms with Crippen molar-refractivity contribution in [1.29, 1.82) is 0 Å². The zero-order chi connectivity index (χ0) is 8.55. The Kier molecular flexibility index (Phi) is 1.61. The van der Waals surface area contributed by atoms with Crippen molar-refractivity contribution in [3.05, 3.63) is 28.8 Å². The van der Waals surface area contributed by atoms with Crippen LogP contribution in [0.3, 0.4) is 0 Å². The zero-order valence-electron chi connectivity index (χ0n) is 7.39. The predicted molar refractivity (Wildman–Crippen MR) is 52.0 cm³/mol. The number of hydrogen-bond acceptors (Lipinski definition) is 2. The van der Waals surface area contributed by atoms with E-state index in [1.807, 2.05) is 6.21 Å². The van der Waals surface area contributed by atoms with Crippen LogP contribution in [0.15, 0.2) is 17.1 Å². The second-order valence-corrected chi connectivity index (χ2v) is 3.19. The molecule has 2 nitrogen and oxygen atoms in total. The van der Waals surface area contributed by atoms with Crippen molar-refractivity contribution in [2.45, 2.75) is 13.8 Å². The number of hydrogen-bond donors (Lipinski definition) is 1. The Labute approximate surface area is 72.3 Å². The SMILES string of the molecule is Cc1cc(C)c2c(c1)C=NCN2. The molecule has 0 aromatic heterocycles. The Morgan fingerprint density at radius 2 is 2.17 bits per heavy atom. The quantitative estimate of drug-likeness (QED) is 0.617. The Hall–Kier alpha value is -1.31. The number of nitrogens with zero attached hydrogens (tertiary/aromatic N) is 1. The first-order valence-electron chi connectivity index (χ1n) is 4.12. The molecule has 0 atom stereocenters. The van der Waals surface area contributed by atoms with Crippen LogP contribution in [-0.2, 0) is 0 Å². The molecule has 1 aliphatic rings. The molecule has 0 unspecified atom stereocenters. The molecule has 0 fully saturated rings. The highest BCUT2D eigenvalue weighted by Gasteiger charge is 2.06. The third kappa shape index (κ3) is 1.09. The summed E-state index contributed by atoms with van der Waals surface area (Å²) in [7, 11) is 0. The molecular weight excluding hydrogens is 148 g/mol. The van der Waals surface area contributed by atoms with Gasteiger partial charge >= 0.3 is 0 Å². The third-order valence-corrected chi connectivity index (χ3v) is 2.09. The highest BCUT2D eigenvalue weighted by molar-refractivity contribution is 5.90. The minimum absolute atomic E-state index is 0.705. The molecule has 1 heterocycles. The van der Waals surface area contributed by atoms with Gasteiger partial charge in [0.25, 0.3) is 0 Å². The maximum absolute atomic E-state index is 4.16. The van der Waals surface area contributed by atoms with E-state index in [0.717, 1.165) is 0 Å². The second-order valence-electron chi connectivity index (χ2n) is 3.19. The lowest BCUT2D eigenvalue weighted by Crippen LogP contribution is -2.09. The van der Waals surface area contributed by atoms with Crippen molar-refractivity contribution in [2.75, 3.05) is 12.0 Å². The number of aliphatic imine (C=N–C) groups is 1. The summed E-state index contributed by atoms with van der Waals surface area (Å²) in [5.74, 6) is 0. The van der Waals surface area contributed by atoms with Crippen LogP contribution in [0, 0.1) is 13.8 Å². The van der Waals surface area contributed by atoms with E-state index in [-0.39, 0.29) is 0 Å². The number of aryl methyl sites for hydroxylation is 2. The lowest BCUT2D eigenvalue weighted by atomic mass is 10.0. The fourth-order valence-corrected chi connectivity index (χ4v) is 1.61. The van der Waals surface area contributed by atoms with Gasteiger partial charge in [-0.3, -0.25) is 4.99 Å². The monoisotopic (exact) mass is 160 g/mol. The van der Waals surface area contributed by atoms with Crippen molar-refractivity contribution in [3.8, 4) is 0 Å². The minimum atomic E-state index is 0.705. The second kappa shape index (κ2) is 2.63. The van der Waals surface area contributed by atoms with E-state index in [2.05, 4.69) is 36.3 Å². The van der Waals surface area contributed by atoms with E-state index in [9.17, 15) is 0 Å². The van der Waals surface area contributed by atoms with E-state index < -0.39 is 0 Å². The molecule has 0 spiro atoms. The van der Waals surface area contributed by atoms with Crippen molar-refractivity contribution in [1.82, 2.24) is 0 Å². The topological polar surface area (TPSA) is 24.4 Å². The van der Waals surface area contributed by atoms with E-state index in [4.69, 9.17) is 0 Å². The molecule has 0 bridgehead atoms. The normalized spacial score (nSPS) is 13.8. The van der Waals surface area contributed by atoms with Crippen LogP contribution in [0.4, 0.5) is 5.69 Å². The van der Waals surface area contributed by atoms with Crippen molar-refractivity contribution in [3.63, 3.8) is 0 Å². The summed E-state index contributed by atoms with van der Waals surface area (Å²) in [4.78, 5) is 4.16. The van der Waals surface area contributed by atoms with Gasteiger partial charge < -0.3 is 5.32 Å². The van der Waals surface area contributed by atoms with E-state index >= 15 is 0 Å². The molecule has 1 aromatic rings. The molecule has 0 radical (unpaired) electrons. The van der Waals surface area contributed by atoms with Crippen molar-refractivity contribution >= 4 is 11.9 Å². The molecule has 62 valence electrons. The van der Waals surface area contributed by atoms with Gasteiger partial charge in [0, 0.05) is 17.5 Å². The Morgan fingerprint density at radius 1 is 1.33 bits per heavy atom. The number of rotatable bonds is 0. The molecule has 1 aromatic carbocycles. The molecule has 0 saturated heterocycles. The lowest BCUT2D eigenvalue weighted by Gasteiger charge is -2.15. The van der Waals surface area contributed by atoms with Crippen LogP contribution in [0.2, 0.25) is 0 Å². The standard InChI is InChI=1S/C10H12N2/c1-7-3-8(2)10-9(4-7)5-11-6-12-10/h3-5,12H,6H2,1-2H3. The highest BCUT2D eigenvalue weighted by Crippen LogP contribution is 2.22. The summed E-state index contributed by atoms with van der Waals surface area (Å²) in [5.41, 5.74) is 5.03. The highest BCUT2D eigenvalue weighted by atomic mass is 15.0. The van der Waals surface area contributed by atoms with Crippen LogP contribution >= 0.6 is 0 Å². The molecule has 2 rings (SSSR count). The maximum atomic E-state index is 4.16. The molecule has 0 amide bonds. The minimum Gasteiger partial charge on any atom is -0.366 e. The summed E-state index contributed by atoms with van der Waals surface area (Å²) in [6.45, 7) is 4.94. The Morgan fingerprint density at radius 3 is 3.00 bits per heavy atom. The van der Waals surface area contributed by atoms with E-state index in [1.54, 1.807) is 0 Å². The predicted octanol–water partition coefficient (Wildman–Crippen LogP) is 2.11. The van der Waals surface area contributed by atoms with Crippen molar-refractivity contribution in [2.24, 2.45) is 4.99 Å². The summed E-state index contributed by atoms with van der Waals surface area (Å²) < 4.78 is 0. The average molecular weight is 160 g/mol. The van der Waals surface area contributed by atoms with Gasteiger partial charge in [0.1, 0.15) is 6.67 Å². The van der Waals surface area contributed by atoms with Crippen LogP contribution < -0.4 is 5.32 Å². The summed E-state index contributed by atoms with van der Waals surface area (Å²) in [6, 6.07) is 4.34. The van der Waals surface area contributed by atoms with Gasteiger partial charge in [-0.15, -0.1) is 0 Å². The van der Waals surface area contributed by atoms with Crippen LogP contribution in [0.5, 0.6) is 0 Å². The van der Waals surface area contributed by atoms with E-state index in [1.165, 1.54) is 22.4 Å². The van der Waals surface area contributed by atoms with Gasteiger partial charge in [0.15, 0.2) is 0 Å². The molecule has 1 N–H and O–H groups in total. The molecule has 2 heteroatoms. The Bertz CT molecular complexity index is 340. The van der Waals surface area contributed by atoms with Gasteiger partial charge in [0.2, 0.25) is 0 Å². The largest absolute Gasteiger partial charge is 0.366 e. The smallest absolute Gasteiger partial charge is 0.107 e. The first-order valence-corrected chi connectivity index (χ1v) is 4.12. The van der Waals surface area contributed by atoms with Gasteiger partial charge in [-0.2, -0.15) is 0 Å². The van der Waals surface area contributed by atoms with Crippen molar-refractivity contribution < 1.29 is 0 Å². The maximum Gasteiger partial charge on any atom is 0.107 e. The van der Waals surface area contributed by atoms with E-state index in [0.29, 0.717) is 6.67 Å². The van der Waals surface area contributed by atoms with Crippen LogP contribution in [0.25, 0.3) is 0 Å². The first kappa shape index (κ1) is 7.35. The fraction of sp³-hybridized carbons (Fsp3) is 0.300. The average Bonchev–Trinajstić information content (AvgIpc) is 2.04. The van der Waals surface area contributed by atoms with Gasteiger partial charge in [-0.1, -0.05) is 11.6 Å². The molecule has 12 heavy (non-hydrogen) atoms. The van der Waals surface area contributed by atoms with Gasteiger partial charge in [-0.05, 0) is 25.5 Å². The summed E-state index contributed by atoms with van der Waals surface area (Å²) in [6.07, 6.45) is 1.94. The summed E-state index contributed by atoms with van der Waals surface area (Å²) >= 11 is 0. The molecular formula is C10H12N2. The lowest BCUT2D eigenvalue weighted by molar-refractivity contribution is 1.11. The van der Waals surface area contributed by atoms with Gasteiger partial charge in [0.05, 0.1) is 0 Å².